The first kappa shape index (κ1) is 16.0. The Balaban J connectivity index is 1.97. The van der Waals surface area contributed by atoms with E-state index >= 15 is 0 Å². The van der Waals surface area contributed by atoms with E-state index in [0.717, 1.165) is 5.56 Å². The molecular weight excluding hydrogens is 308 g/mol. The monoisotopic (exact) mass is 322 g/mol. The smallest absolute Gasteiger partial charge is 0.360 e. The van der Waals surface area contributed by atoms with E-state index in [9.17, 15) is 9.59 Å². The number of rotatable bonds is 5. The number of hydrogen-bond acceptors (Lipinski definition) is 5. The van der Waals surface area contributed by atoms with Crippen LogP contribution in [0.4, 0.5) is 5.69 Å². The summed E-state index contributed by atoms with van der Waals surface area (Å²) < 4.78 is 6.06. The van der Waals surface area contributed by atoms with Gasteiger partial charge in [0.15, 0.2) is 5.69 Å². The molecule has 22 heavy (non-hydrogen) atoms. The fourth-order valence-corrected chi connectivity index (χ4v) is 1.87. The van der Waals surface area contributed by atoms with Gasteiger partial charge in [-0.25, -0.2) is 9.48 Å². The molecule has 0 saturated heterocycles. The predicted molar refractivity (Wildman–Crippen MR) is 80.8 cm³/mol. The van der Waals surface area contributed by atoms with E-state index in [0.29, 0.717) is 10.7 Å². The number of amides is 1. The van der Waals surface area contributed by atoms with Crippen LogP contribution in [0.15, 0.2) is 24.4 Å². The molecule has 8 heteroatoms. The lowest BCUT2D eigenvalue weighted by atomic mass is 10.2. The molecule has 0 spiro atoms. The summed E-state index contributed by atoms with van der Waals surface area (Å²) in [5.41, 5.74) is 1.58. The second-order valence-corrected chi connectivity index (χ2v) is 4.94. The van der Waals surface area contributed by atoms with Crippen molar-refractivity contribution in [1.29, 1.82) is 0 Å². The van der Waals surface area contributed by atoms with Crippen LogP contribution < -0.4 is 5.32 Å². The number of esters is 1. The maximum atomic E-state index is 11.9. The Kier molecular flexibility index (Phi) is 5.11. The van der Waals surface area contributed by atoms with Gasteiger partial charge < -0.3 is 10.1 Å². The Morgan fingerprint density at radius 2 is 2.18 bits per heavy atom. The number of anilines is 1. The van der Waals surface area contributed by atoms with Crippen molar-refractivity contribution in [3.05, 3.63) is 40.7 Å². The van der Waals surface area contributed by atoms with Gasteiger partial charge in [0.2, 0.25) is 5.91 Å². The van der Waals surface area contributed by atoms with Crippen LogP contribution in [0.5, 0.6) is 0 Å². The highest BCUT2D eigenvalue weighted by molar-refractivity contribution is 6.31. The van der Waals surface area contributed by atoms with Crippen molar-refractivity contribution < 1.29 is 14.3 Å². The van der Waals surface area contributed by atoms with Crippen molar-refractivity contribution in [3.63, 3.8) is 0 Å². The zero-order valence-corrected chi connectivity index (χ0v) is 12.9. The topological polar surface area (TPSA) is 86.1 Å². The minimum atomic E-state index is -0.570. The van der Waals surface area contributed by atoms with Crippen molar-refractivity contribution in [2.24, 2.45) is 0 Å². The molecule has 0 bridgehead atoms. The van der Waals surface area contributed by atoms with Gasteiger partial charge in [-0.2, -0.15) is 0 Å². The number of benzene rings is 1. The van der Waals surface area contributed by atoms with Gasteiger partial charge in [-0.3, -0.25) is 4.79 Å². The van der Waals surface area contributed by atoms with E-state index < -0.39 is 5.97 Å². The van der Waals surface area contributed by atoms with Gasteiger partial charge in [0.25, 0.3) is 0 Å². The average Bonchev–Trinajstić information content (AvgIpc) is 2.91. The van der Waals surface area contributed by atoms with Crippen LogP contribution in [-0.4, -0.2) is 33.5 Å². The molecular formula is C14H15ClN4O3. The van der Waals surface area contributed by atoms with Gasteiger partial charge in [0, 0.05) is 10.7 Å². The Morgan fingerprint density at radius 3 is 2.86 bits per heavy atom. The molecule has 0 fully saturated rings. The lowest BCUT2D eigenvalue weighted by Crippen LogP contribution is -2.19. The molecule has 0 unspecified atom stereocenters. The van der Waals surface area contributed by atoms with Gasteiger partial charge in [0.05, 0.1) is 12.8 Å². The summed E-state index contributed by atoms with van der Waals surface area (Å²) in [7, 11) is 0. The molecule has 0 radical (unpaired) electrons. The third-order valence-corrected chi connectivity index (χ3v) is 3.19. The average molecular weight is 323 g/mol. The van der Waals surface area contributed by atoms with Crippen LogP contribution in [0.25, 0.3) is 0 Å². The zero-order valence-electron chi connectivity index (χ0n) is 12.2. The van der Waals surface area contributed by atoms with E-state index in [1.165, 1.54) is 10.9 Å². The molecule has 2 aromatic rings. The van der Waals surface area contributed by atoms with E-state index in [2.05, 4.69) is 15.6 Å². The highest BCUT2D eigenvalue weighted by Crippen LogP contribution is 2.19. The highest BCUT2D eigenvalue weighted by Gasteiger charge is 2.13. The lowest BCUT2D eigenvalue weighted by Gasteiger charge is -2.06. The summed E-state index contributed by atoms with van der Waals surface area (Å²) >= 11 is 6.00. The van der Waals surface area contributed by atoms with Crippen LogP contribution in [0.1, 0.15) is 23.0 Å². The van der Waals surface area contributed by atoms with Crippen molar-refractivity contribution in [2.75, 3.05) is 11.9 Å². The van der Waals surface area contributed by atoms with Crippen LogP contribution in [0, 0.1) is 6.92 Å². The van der Waals surface area contributed by atoms with Crippen molar-refractivity contribution in [3.8, 4) is 0 Å². The molecule has 1 aromatic carbocycles. The number of aryl methyl sites for hydroxylation is 1. The van der Waals surface area contributed by atoms with E-state index in [4.69, 9.17) is 16.3 Å². The Bertz CT molecular complexity index is 699. The standard InChI is InChI=1S/C14H15ClN4O3/c1-3-22-14(21)12-7-19(18-17-12)8-13(20)16-10-5-4-9(2)11(15)6-10/h4-7H,3,8H2,1-2H3,(H,16,20). The second-order valence-electron chi connectivity index (χ2n) is 4.53. The first-order valence-corrected chi connectivity index (χ1v) is 7.00. The SMILES string of the molecule is CCOC(=O)c1cn(CC(=O)Nc2ccc(C)c(Cl)c2)nn1. The molecule has 0 atom stereocenters. The van der Waals surface area contributed by atoms with Crippen LogP contribution in [0.3, 0.4) is 0 Å². The quantitative estimate of drug-likeness (QED) is 0.851. The Hall–Kier alpha value is -2.41. The Labute approximate surface area is 132 Å². The van der Waals surface area contributed by atoms with Gasteiger partial charge in [-0.1, -0.05) is 22.9 Å². The van der Waals surface area contributed by atoms with Crippen molar-refractivity contribution in [2.45, 2.75) is 20.4 Å². The van der Waals surface area contributed by atoms with Gasteiger partial charge in [0.1, 0.15) is 6.54 Å². The molecule has 0 saturated carbocycles. The molecule has 2 rings (SSSR count). The third-order valence-electron chi connectivity index (χ3n) is 2.78. The summed E-state index contributed by atoms with van der Waals surface area (Å²) in [5.74, 6) is -0.875. The number of carbonyl (C=O) groups excluding carboxylic acids is 2. The number of hydrogen-bond donors (Lipinski definition) is 1. The number of ether oxygens (including phenoxy) is 1. The van der Waals surface area contributed by atoms with E-state index in [-0.39, 0.29) is 24.8 Å². The fraction of sp³-hybridized carbons (Fsp3) is 0.286. The van der Waals surface area contributed by atoms with Crippen LogP contribution in [0.2, 0.25) is 5.02 Å². The van der Waals surface area contributed by atoms with Gasteiger partial charge in [-0.05, 0) is 31.5 Å². The number of carbonyl (C=O) groups is 2. The van der Waals surface area contributed by atoms with Crippen LogP contribution in [-0.2, 0) is 16.1 Å². The highest BCUT2D eigenvalue weighted by atomic mass is 35.5. The molecule has 1 N–H and O–H groups in total. The lowest BCUT2D eigenvalue weighted by molar-refractivity contribution is -0.116. The number of nitrogens with one attached hydrogen (secondary N) is 1. The summed E-state index contributed by atoms with van der Waals surface area (Å²) in [6.45, 7) is 3.75. The molecule has 7 nitrogen and oxygen atoms in total. The summed E-state index contributed by atoms with van der Waals surface area (Å²) in [6, 6.07) is 5.23. The Morgan fingerprint density at radius 1 is 1.41 bits per heavy atom. The van der Waals surface area contributed by atoms with Crippen molar-refractivity contribution in [1.82, 2.24) is 15.0 Å². The normalized spacial score (nSPS) is 10.3. The van der Waals surface area contributed by atoms with Crippen LogP contribution >= 0.6 is 11.6 Å². The molecule has 116 valence electrons. The number of nitrogens with zero attached hydrogens (tertiary/aromatic N) is 3. The predicted octanol–water partition coefficient (Wildman–Crippen LogP) is 2.06. The van der Waals surface area contributed by atoms with E-state index in [1.807, 2.05) is 13.0 Å². The van der Waals surface area contributed by atoms with E-state index in [1.54, 1.807) is 19.1 Å². The zero-order chi connectivity index (χ0) is 16.1. The fourth-order valence-electron chi connectivity index (χ4n) is 1.69. The largest absolute Gasteiger partial charge is 0.461 e. The molecule has 0 aliphatic carbocycles. The molecule has 1 aromatic heterocycles. The first-order chi connectivity index (χ1) is 10.5. The maximum Gasteiger partial charge on any atom is 0.360 e. The first-order valence-electron chi connectivity index (χ1n) is 6.63. The third kappa shape index (κ3) is 4.05. The summed E-state index contributed by atoms with van der Waals surface area (Å²) in [6.07, 6.45) is 1.36. The summed E-state index contributed by atoms with van der Waals surface area (Å²) in [5, 5.41) is 10.6. The van der Waals surface area contributed by atoms with Crippen molar-refractivity contribution >= 4 is 29.2 Å². The minimum absolute atomic E-state index is 0.0630. The summed E-state index contributed by atoms with van der Waals surface area (Å²) in [4.78, 5) is 23.4. The molecule has 1 heterocycles. The minimum Gasteiger partial charge on any atom is -0.461 e. The van der Waals surface area contributed by atoms with Gasteiger partial charge in [-0.15, -0.1) is 5.10 Å². The second kappa shape index (κ2) is 7.04. The molecule has 0 aliphatic rings. The maximum absolute atomic E-state index is 11.9. The number of aromatic nitrogens is 3. The molecule has 0 aliphatic heterocycles. The van der Waals surface area contributed by atoms with Gasteiger partial charge >= 0.3 is 5.97 Å². The molecule has 1 amide bonds. The number of halogens is 1.